The molecule has 4 rings (SSSR count). The van der Waals surface area contributed by atoms with Crippen molar-refractivity contribution in [1.82, 2.24) is 4.98 Å². The Balaban J connectivity index is 1.73. The summed E-state index contributed by atoms with van der Waals surface area (Å²) in [7, 11) is 1.40. The Morgan fingerprint density at radius 3 is 2.88 bits per heavy atom. The molecule has 0 radical (unpaired) electrons. The highest BCUT2D eigenvalue weighted by Gasteiger charge is 2.22. The molecule has 6 heteroatoms. The number of fused-ring (bicyclic) bond motifs is 2. The van der Waals surface area contributed by atoms with Crippen LogP contribution in [-0.2, 0) is 16.0 Å². The third kappa shape index (κ3) is 2.88. The van der Waals surface area contributed by atoms with E-state index in [1.54, 1.807) is 0 Å². The van der Waals surface area contributed by atoms with E-state index in [-0.39, 0.29) is 18.8 Å². The fraction of sp³-hybridized carbons (Fsp3) is 0.250. The van der Waals surface area contributed by atoms with Gasteiger partial charge in [0.15, 0.2) is 11.5 Å². The summed E-state index contributed by atoms with van der Waals surface area (Å²) in [6, 6.07) is 13.3. The molecular weight excluding hydrogens is 332 g/mol. The summed E-state index contributed by atoms with van der Waals surface area (Å²) >= 11 is 0. The van der Waals surface area contributed by atoms with Crippen molar-refractivity contribution in [3.8, 4) is 11.5 Å². The van der Waals surface area contributed by atoms with Crippen molar-refractivity contribution in [3.63, 3.8) is 0 Å². The number of aromatic nitrogens is 1. The molecule has 0 spiro atoms. The molecule has 0 fully saturated rings. The molecule has 0 bridgehead atoms. The molecule has 0 saturated carbocycles. The summed E-state index contributed by atoms with van der Waals surface area (Å²) in [5.41, 5.74) is 10.4. The average Bonchev–Trinajstić information content (AvgIpc) is 3.29. The zero-order chi connectivity index (χ0) is 18.1. The van der Waals surface area contributed by atoms with Crippen LogP contribution >= 0.6 is 0 Å². The van der Waals surface area contributed by atoms with Crippen LogP contribution in [0.1, 0.15) is 29.3 Å². The fourth-order valence-electron chi connectivity index (χ4n) is 3.36. The van der Waals surface area contributed by atoms with Crippen LogP contribution in [0.4, 0.5) is 0 Å². The van der Waals surface area contributed by atoms with Crippen molar-refractivity contribution in [2.75, 3.05) is 13.9 Å². The van der Waals surface area contributed by atoms with Gasteiger partial charge in [-0.25, -0.2) is 0 Å². The SMILES string of the molecule is COC(=O)CCc1c([C@H](N)c2ccc3c(c2)OCO3)[nH]c2ccccc12. The maximum Gasteiger partial charge on any atom is 0.305 e. The number of carbonyl (C=O) groups is 1. The highest BCUT2D eigenvalue weighted by atomic mass is 16.7. The van der Waals surface area contributed by atoms with E-state index < -0.39 is 0 Å². The highest BCUT2D eigenvalue weighted by molar-refractivity contribution is 5.85. The quantitative estimate of drug-likeness (QED) is 0.689. The number of rotatable bonds is 5. The monoisotopic (exact) mass is 352 g/mol. The van der Waals surface area contributed by atoms with E-state index in [1.807, 2.05) is 42.5 Å². The lowest BCUT2D eigenvalue weighted by atomic mass is 9.97. The molecule has 6 nitrogen and oxygen atoms in total. The minimum absolute atomic E-state index is 0.227. The smallest absolute Gasteiger partial charge is 0.305 e. The van der Waals surface area contributed by atoms with Gasteiger partial charge in [-0.15, -0.1) is 0 Å². The number of para-hydroxylation sites is 1. The van der Waals surface area contributed by atoms with E-state index >= 15 is 0 Å². The van der Waals surface area contributed by atoms with Gasteiger partial charge < -0.3 is 24.9 Å². The highest BCUT2D eigenvalue weighted by Crippen LogP contribution is 2.36. The van der Waals surface area contributed by atoms with Crippen molar-refractivity contribution >= 4 is 16.9 Å². The number of nitrogens with two attached hydrogens (primary N) is 1. The molecule has 0 amide bonds. The van der Waals surface area contributed by atoms with Crippen LogP contribution in [0.2, 0.25) is 0 Å². The van der Waals surface area contributed by atoms with E-state index in [2.05, 4.69) is 4.98 Å². The first-order chi connectivity index (χ1) is 12.7. The Labute approximate surface area is 150 Å². The molecule has 1 aliphatic rings. The number of esters is 1. The molecule has 2 aromatic carbocycles. The second-order valence-corrected chi connectivity index (χ2v) is 6.23. The van der Waals surface area contributed by atoms with Crippen LogP contribution in [0.5, 0.6) is 11.5 Å². The lowest BCUT2D eigenvalue weighted by molar-refractivity contribution is -0.140. The van der Waals surface area contributed by atoms with Crippen LogP contribution in [0, 0.1) is 0 Å². The van der Waals surface area contributed by atoms with Crippen molar-refractivity contribution in [2.24, 2.45) is 5.73 Å². The van der Waals surface area contributed by atoms with E-state index in [9.17, 15) is 4.79 Å². The number of aromatic amines is 1. The van der Waals surface area contributed by atoms with Crippen LogP contribution in [0.25, 0.3) is 10.9 Å². The van der Waals surface area contributed by atoms with Crippen LogP contribution in [0.15, 0.2) is 42.5 Å². The Bertz CT molecular complexity index is 964. The van der Waals surface area contributed by atoms with E-state index in [0.29, 0.717) is 18.6 Å². The van der Waals surface area contributed by atoms with E-state index in [1.165, 1.54) is 7.11 Å². The molecule has 134 valence electrons. The minimum Gasteiger partial charge on any atom is -0.469 e. The predicted octanol–water partition coefficient (Wildman–Crippen LogP) is 3.05. The molecule has 1 aromatic heterocycles. The molecule has 0 aliphatic carbocycles. The first kappa shape index (κ1) is 16.5. The number of ether oxygens (including phenoxy) is 3. The van der Waals surface area contributed by atoms with Crippen molar-refractivity contribution < 1.29 is 19.0 Å². The number of nitrogens with one attached hydrogen (secondary N) is 1. The van der Waals surface area contributed by atoms with Crippen molar-refractivity contribution in [1.29, 1.82) is 0 Å². The normalized spacial score (nSPS) is 13.8. The maximum atomic E-state index is 11.6. The van der Waals surface area contributed by atoms with Crippen LogP contribution in [-0.4, -0.2) is 24.9 Å². The van der Waals surface area contributed by atoms with Crippen molar-refractivity contribution in [3.05, 3.63) is 59.3 Å². The zero-order valence-corrected chi connectivity index (χ0v) is 14.5. The number of H-pyrrole nitrogens is 1. The number of benzene rings is 2. The largest absolute Gasteiger partial charge is 0.469 e. The Kier molecular flexibility index (Phi) is 4.26. The summed E-state index contributed by atoms with van der Waals surface area (Å²) in [5.74, 6) is 1.19. The first-order valence-corrected chi connectivity index (χ1v) is 8.49. The van der Waals surface area contributed by atoms with Crippen LogP contribution < -0.4 is 15.2 Å². The van der Waals surface area contributed by atoms with E-state index in [0.717, 1.165) is 33.5 Å². The van der Waals surface area contributed by atoms with Gasteiger partial charge >= 0.3 is 5.97 Å². The van der Waals surface area contributed by atoms with Gasteiger partial charge in [-0.2, -0.15) is 0 Å². The van der Waals surface area contributed by atoms with Gasteiger partial charge in [-0.3, -0.25) is 4.79 Å². The molecule has 0 unspecified atom stereocenters. The van der Waals surface area contributed by atoms with Crippen molar-refractivity contribution in [2.45, 2.75) is 18.9 Å². The number of aryl methyl sites for hydroxylation is 1. The molecule has 26 heavy (non-hydrogen) atoms. The lowest BCUT2D eigenvalue weighted by Gasteiger charge is -2.14. The summed E-state index contributed by atoms with van der Waals surface area (Å²) in [6.45, 7) is 0.227. The molecule has 3 aromatic rings. The van der Waals surface area contributed by atoms with Gasteiger partial charge in [0.2, 0.25) is 6.79 Å². The standard InChI is InChI=1S/C20H20N2O4/c1-24-18(23)9-7-14-13-4-2-3-5-15(13)22-20(14)19(21)12-6-8-16-17(10-12)26-11-25-16/h2-6,8,10,19,22H,7,9,11,21H2,1H3/t19-/m1/s1. The summed E-state index contributed by atoms with van der Waals surface area (Å²) < 4.78 is 15.6. The Morgan fingerprint density at radius 2 is 2.04 bits per heavy atom. The molecule has 2 heterocycles. The molecule has 1 atom stereocenters. The first-order valence-electron chi connectivity index (χ1n) is 8.49. The third-order valence-electron chi connectivity index (χ3n) is 4.72. The van der Waals surface area contributed by atoms with Gasteiger partial charge in [0.1, 0.15) is 0 Å². The molecular formula is C20H20N2O4. The Morgan fingerprint density at radius 1 is 1.23 bits per heavy atom. The second-order valence-electron chi connectivity index (χ2n) is 6.23. The topological polar surface area (TPSA) is 86.6 Å². The van der Waals surface area contributed by atoms with Gasteiger partial charge in [0.05, 0.1) is 13.2 Å². The lowest BCUT2D eigenvalue weighted by Crippen LogP contribution is -2.15. The summed E-state index contributed by atoms with van der Waals surface area (Å²) in [5, 5.41) is 1.07. The number of hydrogen-bond acceptors (Lipinski definition) is 5. The molecule has 0 saturated heterocycles. The predicted molar refractivity (Wildman–Crippen MR) is 97.2 cm³/mol. The fourth-order valence-corrected chi connectivity index (χ4v) is 3.36. The number of methoxy groups -OCH3 is 1. The summed E-state index contributed by atoms with van der Waals surface area (Å²) in [6.07, 6.45) is 0.865. The van der Waals surface area contributed by atoms with E-state index in [4.69, 9.17) is 19.9 Å². The van der Waals surface area contributed by atoms with Gasteiger partial charge in [0.25, 0.3) is 0 Å². The molecule has 3 N–H and O–H groups in total. The Hall–Kier alpha value is -2.99. The van der Waals surface area contributed by atoms with Gasteiger partial charge in [0, 0.05) is 23.0 Å². The van der Waals surface area contributed by atoms with Crippen LogP contribution in [0.3, 0.4) is 0 Å². The number of hydrogen-bond donors (Lipinski definition) is 2. The zero-order valence-electron chi connectivity index (χ0n) is 14.5. The third-order valence-corrected chi connectivity index (χ3v) is 4.72. The van der Waals surface area contributed by atoms with Gasteiger partial charge in [-0.1, -0.05) is 24.3 Å². The average molecular weight is 352 g/mol. The minimum atomic E-state index is -0.371. The van der Waals surface area contributed by atoms with Gasteiger partial charge in [-0.05, 0) is 35.7 Å². The molecule has 1 aliphatic heterocycles. The maximum absolute atomic E-state index is 11.6. The second kappa shape index (κ2) is 6.72. The number of carbonyl (C=O) groups excluding carboxylic acids is 1. The summed E-state index contributed by atoms with van der Waals surface area (Å²) in [4.78, 5) is 15.1.